The minimum Gasteiger partial charge on any atom is -0.258 e. The Labute approximate surface area is 91.7 Å². The molecule has 16 heavy (non-hydrogen) atoms. The van der Waals surface area contributed by atoms with Gasteiger partial charge in [0.1, 0.15) is 11.9 Å². The Balaban J connectivity index is 3.20. The average molecular weight is 254 g/mol. The van der Waals surface area contributed by atoms with Gasteiger partial charge in [-0.05, 0) is 6.07 Å². The van der Waals surface area contributed by atoms with Crippen LogP contribution in [0, 0.1) is 10.1 Å². The van der Waals surface area contributed by atoms with E-state index >= 15 is 0 Å². The summed E-state index contributed by atoms with van der Waals surface area (Å²) in [6.07, 6.45) is -2.97. The Kier molecular flexibility index (Phi) is 3.43. The Morgan fingerprint density at radius 2 is 2.19 bits per heavy atom. The maximum atomic E-state index is 12.0. The second kappa shape index (κ2) is 4.44. The third-order valence-corrected chi connectivity index (χ3v) is 1.73. The summed E-state index contributed by atoms with van der Waals surface area (Å²) in [7, 11) is 0. The first-order chi connectivity index (χ1) is 7.32. The molecule has 0 aliphatic heterocycles. The number of alkyl halides is 3. The highest BCUT2D eigenvalue weighted by molar-refractivity contribution is 6.67. The number of rotatable bonds is 2. The van der Waals surface area contributed by atoms with Crippen LogP contribution in [-0.2, 0) is 0 Å². The van der Waals surface area contributed by atoms with Gasteiger partial charge in [-0.1, -0.05) is 11.6 Å². The summed E-state index contributed by atoms with van der Waals surface area (Å²) in [4.78, 5) is 15.9. The maximum absolute atomic E-state index is 12.0. The highest BCUT2D eigenvalue weighted by atomic mass is 35.5. The molecule has 9 heteroatoms. The van der Waals surface area contributed by atoms with E-state index in [0.717, 1.165) is 18.5 Å². The first kappa shape index (κ1) is 12.4. The molecule has 86 valence electrons. The van der Waals surface area contributed by atoms with Crippen molar-refractivity contribution in [1.82, 2.24) is 4.98 Å². The van der Waals surface area contributed by atoms with Gasteiger partial charge in [0.05, 0.1) is 4.92 Å². The number of hydrogen-bond acceptors (Lipinski definition) is 4. The van der Waals surface area contributed by atoms with E-state index in [9.17, 15) is 23.3 Å². The molecule has 0 spiro atoms. The van der Waals surface area contributed by atoms with Crippen LogP contribution in [0.25, 0.3) is 0 Å². The standard InChI is InChI=1S/C7H3ClF3N3O2/c8-6(7(9,10)11)13-4-1-2-12-3-5(4)14(15)16/h1-3H. The van der Waals surface area contributed by atoms with E-state index in [0.29, 0.717) is 0 Å². The van der Waals surface area contributed by atoms with Gasteiger partial charge >= 0.3 is 11.9 Å². The van der Waals surface area contributed by atoms with Crippen LogP contribution in [-0.4, -0.2) is 21.3 Å². The molecule has 0 aromatic carbocycles. The molecule has 0 atom stereocenters. The lowest BCUT2D eigenvalue weighted by Gasteiger charge is -2.02. The molecule has 0 saturated heterocycles. The van der Waals surface area contributed by atoms with E-state index < -0.39 is 27.6 Å². The Hall–Kier alpha value is -1.70. The molecule has 0 saturated carbocycles. The number of nitro groups is 1. The minimum absolute atomic E-state index is 0.498. The van der Waals surface area contributed by atoms with Gasteiger partial charge in [0, 0.05) is 6.20 Å². The summed E-state index contributed by atoms with van der Waals surface area (Å²) in [6.45, 7) is 0. The molecular formula is C7H3ClF3N3O2. The van der Waals surface area contributed by atoms with Crippen molar-refractivity contribution < 1.29 is 18.1 Å². The van der Waals surface area contributed by atoms with Gasteiger partial charge in [-0.2, -0.15) is 13.2 Å². The van der Waals surface area contributed by atoms with E-state index in [1.807, 2.05) is 0 Å². The molecular weight excluding hydrogens is 251 g/mol. The third kappa shape index (κ3) is 2.89. The van der Waals surface area contributed by atoms with Gasteiger partial charge < -0.3 is 0 Å². The monoisotopic (exact) mass is 253 g/mol. The summed E-state index contributed by atoms with van der Waals surface area (Å²) in [6, 6.07) is 0.965. The van der Waals surface area contributed by atoms with Crippen LogP contribution in [0.5, 0.6) is 0 Å². The van der Waals surface area contributed by atoms with E-state index in [1.54, 1.807) is 0 Å². The normalized spacial score (nSPS) is 12.6. The van der Waals surface area contributed by atoms with Gasteiger partial charge in [-0.15, -0.1) is 0 Å². The second-order valence-corrected chi connectivity index (χ2v) is 2.88. The van der Waals surface area contributed by atoms with E-state index in [1.165, 1.54) is 0 Å². The lowest BCUT2D eigenvalue weighted by atomic mass is 10.3. The van der Waals surface area contributed by atoms with E-state index in [4.69, 9.17) is 11.6 Å². The van der Waals surface area contributed by atoms with Crippen LogP contribution in [0.4, 0.5) is 24.5 Å². The fourth-order valence-corrected chi connectivity index (χ4v) is 0.874. The summed E-state index contributed by atoms with van der Waals surface area (Å²) < 4.78 is 36.1. The van der Waals surface area contributed by atoms with Crippen LogP contribution < -0.4 is 0 Å². The zero-order valence-corrected chi connectivity index (χ0v) is 8.16. The van der Waals surface area contributed by atoms with Crippen LogP contribution in [0.15, 0.2) is 23.5 Å². The van der Waals surface area contributed by atoms with Crippen molar-refractivity contribution in [3.8, 4) is 0 Å². The largest absolute Gasteiger partial charge is 0.444 e. The number of pyridine rings is 1. The fourth-order valence-electron chi connectivity index (χ4n) is 0.783. The first-order valence-electron chi connectivity index (χ1n) is 3.72. The molecule has 5 nitrogen and oxygen atoms in total. The number of nitrogens with zero attached hydrogens (tertiary/aromatic N) is 3. The molecule has 1 aromatic heterocycles. The van der Waals surface area contributed by atoms with Crippen molar-refractivity contribution in [2.75, 3.05) is 0 Å². The number of aliphatic imine (C=N–C) groups is 1. The highest BCUT2D eigenvalue weighted by Crippen LogP contribution is 2.29. The van der Waals surface area contributed by atoms with Crippen molar-refractivity contribution in [1.29, 1.82) is 0 Å². The van der Waals surface area contributed by atoms with Crippen LogP contribution in [0.3, 0.4) is 0 Å². The summed E-state index contributed by atoms with van der Waals surface area (Å²) >= 11 is 4.85. The molecule has 0 fully saturated rings. The van der Waals surface area contributed by atoms with Crippen molar-refractivity contribution >= 4 is 28.1 Å². The third-order valence-electron chi connectivity index (χ3n) is 1.43. The van der Waals surface area contributed by atoms with E-state index in [2.05, 4.69) is 9.98 Å². The topological polar surface area (TPSA) is 68.4 Å². The Bertz CT molecular complexity index is 447. The lowest BCUT2D eigenvalue weighted by Crippen LogP contribution is -2.16. The molecule has 0 amide bonds. The number of hydrogen-bond donors (Lipinski definition) is 0. The Morgan fingerprint density at radius 1 is 1.56 bits per heavy atom. The van der Waals surface area contributed by atoms with Gasteiger partial charge in [0.25, 0.3) is 0 Å². The molecule has 1 heterocycles. The zero-order valence-electron chi connectivity index (χ0n) is 7.40. The smallest absolute Gasteiger partial charge is 0.258 e. The SMILES string of the molecule is O=[N+]([O-])c1cnccc1N=C(Cl)C(F)(F)F. The van der Waals surface area contributed by atoms with Gasteiger partial charge in [0.2, 0.25) is 5.17 Å². The molecule has 0 aliphatic carbocycles. The van der Waals surface area contributed by atoms with Crippen LogP contribution in [0.1, 0.15) is 0 Å². The van der Waals surface area contributed by atoms with Gasteiger partial charge in [-0.3, -0.25) is 15.1 Å². The minimum atomic E-state index is -4.83. The lowest BCUT2D eigenvalue weighted by molar-refractivity contribution is -0.384. The van der Waals surface area contributed by atoms with Crippen molar-refractivity contribution in [2.45, 2.75) is 6.18 Å². The number of aromatic nitrogens is 1. The summed E-state index contributed by atoms with van der Waals surface area (Å²) in [5.41, 5.74) is -1.15. The van der Waals surface area contributed by atoms with Crippen molar-refractivity contribution in [2.24, 2.45) is 4.99 Å². The molecule has 0 radical (unpaired) electrons. The quantitative estimate of drug-likeness (QED) is 0.462. The fraction of sp³-hybridized carbons (Fsp3) is 0.143. The van der Waals surface area contributed by atoms with Gasteiger partial charge in [-0.25, -0.2) is 4.99 Å². The van der Waals surface area contributed by atoms with Crippen LogP contribution in [0.2, 0.25) is 0 Å². The van der Waals surface area contributed by atoms with Gasteiger partial charge in [0.15, 0.2) is 0 Å². The highest BCUT2D eigenvalue weighted by Gasteiger charge is 2.35. The average Bonchev–Trinajstić information content (AvgIpc) is 2.16. The molecule has 1 rings (SSSR count). The zero-order chi connectivity index (χ0) is 12.3. The number of halogens is 4. The predicted octanol–water partition coefficient (Wildman–Crippen LogP) is 2.82. The predicted molar refractivity (Wildman–Crippen MR) is 49.9 cm³/mol. The molecule has 1 aromatic rings. The second-order valence-electron chi connectivity index (χ2n) is 2.52. The maximum Gasteiger partial charge on any atom is 0.444 e. The van der Waals surface area contributed by atoms with Crippen molar-refractivity contribution in [3.05, 3.63) is 28.6 Å². The Morgan fingerprint density at radius 3 is 2.69 bits per heavy atom. The summed E-state index contributed by atoms with van der Waals surface area (Å²) in [5, 5.41) is 8.75. The van der Waals surface area contributed by atoms with Crippen molar-refractivity contribution in [3.63, 3.8) is 0 Å². The molecule has 0 N–H and O–H groups in total. The van der Waals surface area contributed by atoms with Crippen LogP contribution >= 0.6 is 11.6 Å². The molecule has 0 bridgehead atoms. The first-order valence-corrected chi connectivity index (χ1v) is 4.10. The summed E-state index contributed by atoms with van der Waals surface area (Å²) in [5.74, 6) is 0. The molecule has 0 unspecified atom stereocenters. The molecule has 0 aliphatic rings. The van der Waals surface area contributed by atoms with E-state index in [-0.39, 0.29) is 0 Å².